The van der Waals surface area contributed by atoms with Gasteiger partial charge in [0.25, 0.3) is 0 Å². The van der Waals surface area contributed by atoms with Crippen LogP contribution in [0.25, 0.3) is 0 Å². The van der Waals surface area contributed by atoms with E-state index in [0.29, 0.717) is 12.5 Å². The molecule has 2 fully saturated rings. The lowest BCUT2D eigenvalue weighted by Crippen LogP contribution is -2.75. The van der Waals surface area contributed by atoms with Gasteiger partial charge in [-0.05, 0) is 19.8 Å². The van der Waals surface area contributed by atoms with Crippen molar-refractivity contribution in [3.8, 4) is 0 Å². The molecule has 1 N–H and O–H groups in total. The Hall–Kier alpha value is -0.570. The number of nitrogens with one attached hydrogen (secondary N) is 1. The van der Waals surface area contributed by atoms with Crippen LogP contribution in [0.4, 0.5) is 0 Å². The van der Waals surface area contributed by atoms with E-state index in [9.17, 15) is 4.79 Å². The Labute approximate surface area is 66.1 Å². The highest BCUT2D eigenvalue weighted by Gasteiger charge is 2.59. The molecule has 0 bridgehead atoms. The largest absolute Gasteiger partial charge is 0.465 e. The summed E-state index contributed by atoms with van der Waals surface area (Å²) in [5.74, 6) is 0.532. The van der Waals surface area contributed by atoms with Crippen LogP contribution < -0.4 is 5.32 Å². The minimum absolute atomic E-state index is 0.0394. The van der Waals surface area contributed by atoms with E-state index in [0.717, 1.165) is 13.0 Å². The molecule has 0 spiro atoms. The molecule has 1 saturated heterocycles. The van der Waals surface area contributed by atoms with E-state index in [4.69, 9.17) is 4.74 Å². The SMILES string of the molecule is CCOC(=O)C12CCC1CN2. The maximum Gasteiger partial charge on any atom is 0.326 e. The molecule has 1 heterocycles. The number of fused-ring (bicyclic) bond motifs is 1. The fourth-order valence-corrected chi connectivity index (χ4v) is 1.92. The van der Waals surface area contributed by atoms with E-state index in [1.165, 1.54) is 6.42 Å². The second-order valence-electron chi connectivity index (χ2n) is 3.31. The van der Waals surface area contributed by atoms with Crippen molar-refractivity contribution in [2.24, 2.45) is 5.92 Å². The first kappa shape index (κ1) is 7.10. The lowest BCUT2D eigenvalue weighted by atomic mass is 9.61. The Morgan fingerprint density at radius 2 is 2.64 bits per heavy atom. The first-order valence-electron chi connectivity index (χ1n) is 4.22. The molecule has 11 heavy (non-hydrogen) atoms. The Morgan fingerprint density at radius 1 is 1.82 bits per heavy atom. The van der Waals surface area contributed by atoms with Crippen molar-refractivity contribution in [1.29, 1.82) is 0 Å². The van der Waals surface area contributed by atoms with Crippen LogP contribution in [0.15, 0.2) is 0 Å². The van der Waals surface area contributed by atoms with Gasteiger partial charge in [0, 0.05) is 12.5 Å². The van der Waals surface area contributed by atoms with E-state index >= 15 is 0 Å². The number of hydrogen-bond donors (Lipinski definition) is 1. The zero-order valence-electron chi connectivity index (χ0n) is 6.72. The predicted molar refractivity (Wildman–Crippen MR) is 40.1 cm³/mol. The molecule has 1 saturated carbocycles. The van der Waals surface area contributed by atoms with Crippen LogP contribution in [0.2, 0.25) is 0 Å². The molecule has 62 valence electrons. The van der Waals surface area contributed by atoms with Gasteiger partial charge in [0.2, 0.25) is 0 Å². The summed E-state index contributed by atoms with van der Waals surface area (Å²) in [5, 5.41) is 3.17. The van der Waals surface area contributed by atoms with Crippen molar-refractivity contribution in [2.75, 3.05) is 13.2 Å². The van der Waals surface area contributed by atoms with E-state index < -0.39 is 0 Å². The van der Waals surface area contributed by atoms with Gasteiger partial charge < -0.3 is 10.1 Å². The Balaban J connectivity index is 1.98. The van der Waals surface area contributed by atoms with Crippen molar-refractivity contribution in [1.82, 2.24) is 5.32 Å². The minimum Gasteiger partial charge on any atom is -0.465 e. The quantitative estimate of drug-likeness (QED) is 0.583. The molecule has 0 amide bonds. The first-order valence-corrected chi connectivity index (χ1v) is 4.22. The van der Waals surface area contributed by atoms with Crippen molar-refractivity contribution in [2.45, 2.75) is 25.3 Å². The summed E-state index contributed by atoms with van der Waals surface area (Å²) >= 11 is 0. The molecule has 3 heteroatoms. The second kappa shape index (κ2) is 2.21. The zero-order chi connectivity index (χ0) is 7.90. The van der Waals surface area contributed by atoms with E-state index in [1.54, 1.807) is 0 Å². The molecule has 1 aliphatic heterocycles. The van der Waals surface area contributed by atoms with Crippen LogP contribution in [0.1, 0.15) is 19.8 Å². The number of rotatable bonds is 2. The molecule has 2 rings (SSSR count). The summed E-state index contributed by atoms with van der Waals surface area (Å²) in [6, 6.07) is 0. The first-order chi connectivity index (χ1) is 5.29. The maximum atomic E-state index is 11.3. The van der Waals surface area contributed by atoms with E-state index in [2.05, 4.69) is 5.32 Å². The molecule has 0 aromatic carbocycles. The van der Waals surface area contributed by atoms with Crippen LogP contribution in [0.3, 0.4) is 0 Å². The Kier molecular flexibility index (Phi) is 1.42. The summed E-state index contributed by atoms with van der Waals surface area (Å²) in [7, 11) is 0. The van der Waals surface area contributed by atoms with Gasteiger partial charge in [-0.3, -0.25) is 4.79 Å². The van der Waals surface area contributed by atoms with Gasteiger partial charge in [-0.1, -0.05) is 0 Å². The Bertz CT molecular complexity index is 183. The topological polar surface area (TPSA) is 38.3 Å². The molecule has 1 aliphatic carbocycles. The number of carbonyl (C=O) groups excluding carboxylic acids is 1. The van der Waals surface area contributed by atoms with Crippen molar-refractivity contribution < 1.29 is 9.53 Å². The van der Waals surface area contributed by atoms with Gasteiger partial charge in [0.1, 0.15) is 5.54 Å². The average molecular weight is 155 g/mol. The number of carbonyl (C=O) groups is 1. The van der Waals surface area contributed by atoms with Crippen molar-refractivity contribution >= 4 is 5.97 Å². The Morgan fingerprint density at radius 3 is 2.91 bits per heavy atom. The smallest absolute Gasteiger partial charge is 0.326 e. The molecular formula is C8H13NO2. The number of esters is 1. The summed E-state index contributed by atoms with van der Waals surface area (Å²) in [5.41, 5.74) is -0.240. The second-order valence-corrected chi connectivity index (χ2v) is 3.31. The molecule has 2 unspecified atom stereocenters. The fraction of sp³-hybridized carbons (Fsp3) is 0.875. The van der Waals surface area contributed by atoms with Crippen LogP contribution in [-0.2, 0) is 9.53 Å². The summed E-state index contributed by atoms with van der Waals surface area (Å²) in [6.07, 6.45) is 2.16. The van der Waals surface area contributed by atoms with Crippen LogP contribution in [-0.4, -0.2) is 24.7 Å². The molecule has 2 atom stereocenters. The summed E-state index contributed by atoms with van der Waals surface area (Å²) < 4.78 is 4.97. The normalized spacial score (nSPS) is 39.9. The van der Waals surface area contributed by atoms with Gasteiger partial charge >= 0.3 is 5.97 Å². The number of hydrogen-bond acceptors (Lipinski definition) is 3. The summed E-state index contributed by atoms with van der Waals surface area (Å²) in [6.45, 7) is 3.34. The number of piperidine rings is 1. The van der Waals surface area contributed by atoms with Gasteiger partial charge in [-0.2, -0.15) is 0 Å². The highest BCUT2D eigenvalue weighted by molar-refractivity contribution is 5.84. The molecule has 0 radical (unpaired) electrons. The van der Waals surface area contributed by atoms with Gasteiger partial charge in [-0.15, -0.1) is 0 Å². The lowest BCUT2D eigenvalue weighted by molar-refractivity contribution is -0.168. The van der Waals surface area contributed by atoms with Crippen LogP contribution >= 0.6 is 0 Å². The monoisotopic (exact) mass is 155 g/mol. The van der Waals surface area contributed by atoms with Gasteiger partial charge in [0.15, 0.2) is 0 Å². The van der Waals surface area contributed by atoms with Gasteiger partial charge in [0.05, 0.1) is 6.61 Å². The third-order valence-electron chi connectivity index (χ3n) is 2.89. The lowest BCUT2D eigenvalue weighted by Gasteiger charge is -2.56. The standard InChI is InChI=1S/C8H13NO2/c1-2-11-7(10)8-4-3-6(8)5-9-8/h6,9H,2-5H2,1H3. The molecule has 0 aromatic heterocycles. The van der Waals surface area contributed by atoms with E-state index in [1.807, 2.05) is 6.92 Å². The molecule has 2 aliphatic rings. The van der Waals surface area contributed by atoms with E-state index in [-0.39, 0.29) is 11.5 Å². The predicted octanol–water partition coefficient (Wildman–Crippen LogP) is 0.301. The fourth-order valence-electron chi connectivity index (χ4n) is 1.92. The highest BCUT2D eigenvalue weighted by Crippen LogP contribution is 2.45. The molecule has 3 nitrogen and oxygen atoms in total. The average Bonchev–Trinajstić information content (AvgIpc) is 1.96. The molecular weight excluding hydrogens is 142 g/mol. The van der Waals surface area contributed by atoms with Gasteiger partial charge in [-0.25, -0.2) is 0 Å². The maximum absolute atomic E-state index is 11.3. The third kappa shape index (κ3) is 0.745. The third-order valence-corrected chi connectivity index (χ3v) is 2.89. The van der Waals surface area contributed by atoms with Crippen LogP contribution in [0.5, 0.6) is 0 Å². The molecule has 0 aromatic rings. The van der Waals surface area contributed by atoms with Crippen LogP contribution in [0, 0.1) is 5.92 Å². The highest BCUT2D eigenvalue weighted by atomic mass is 16.5. The zero-order valence-corrected chi connectivity index (χ0v) is 6.72. The minimum atomic E-state index is -0.240. The number of ether oxygens (including phenoxy) is 1. The van der Waals surface area contributed by atoms with Crippen molar-refractivity contribution in [3.05, 3.63) is 0 Å². The summed E-state index contributed by atoms with van der Waals surface area (Å²) in [4.78, 5) is 11.3. The van der Waals surface area contributed by atoms with Crippen molar-refractivity contribution in [3.63, 3.8) is 0 Å².